The quantitative estimate of drug-likeness (QED) is 0.542. The van der Waals surface area contributed by atoms with Crippen LogP contribution in [-0.4, -0.2) is 55.6 Å². The Kier molecular flexibility index (Phi) is 6.09. The Morgan fingerprint density at radius 1 is 1.00 bits per heavy atom. The Balaban J connectivity index is 1.32. The zero-order chi connectivity index (χ0) is 23.0. The van der Waals surface area contributed by atoms with E-state index in [0.29, 0.717) is 39.0 Å². The van der Waals surface area contributed by atoms with E-state index in [0.717, 1.165) is 34.6 Å². The summed E-state index contributed by atoms with van der Waals surface area (Å²) in [4.78, 5) is 21.9. The number of carbonyl (C=O) groups excluding carboxylic acids is 1. The molecule has 0 atom stereocenters. The van der Waals surface area contributed by atoms with Crippen LogP contribution in [0.4, 0.5) is 9.52 Å². The Morgan fingerprint density at radius 2 is 1.73 bits per heavy atom. The fourth-order valence-corrected chi connectivity index (χ4v) is 7.82. The second-order valence-corrected chi connectivity index (χ2v) is 11.9. The number of halogens is 1. The van der Waals surface area contributed by atoms with E-state index in [1.165, 1.54) is 23.5 Å². The van der Waals surface area contributed by atoms with Crippen molar-refractivity contribution in [3.63, 3.8) is 0 Å². The van der Waals surface area contributed by atoms with Gasteiger partial charge in [0.25, 0.3) is 5.91 Å². The average molecular weight is 488 g/mol. The summed E-state index contributed by atoms with van der Waals surface area (Å²) in [6, 6.07) is 11.2. The molecule has 1 amide bonds. The van der Waals surface area contributed by atoms with E-state index in [-0.39, 0.29) is 22.2 Å². The highest BCUT2D eigenvalue weighted by Crippen LogP contribution is 2.32. The summed E-state index contributed by atoms with van der Waals surface area (Å²) in [6.45, 7) is 2.12. The van der Waals surface area contributed by atoms with E-state index in [1.54, 1.807) is 35.2 Å². The van der Waals surface area contributed by atoms with Gasteiger partial charge in [-0.05, 0) is 43.2 Å². The summed E-state index contributed by atoms with van der Waals surface area (Å²) < 4.78 is 41.0. The van der Waals surface area contributed by atoms with Crippen molar-refractivity contribution in [2.45, 2.75) is 42.2 Å². The monoisotopic (exact) mass is 487 g/mol. The highest BCUT2D eigenvalue weighted by Gasteiger charge is 2.33. The van der Waals surface area contributed by atoms with Crippen LogP contribution in [0, 0.1) is 5.82 Å². The van der Waals surface area contributed by atoms with E-state index in [1.807, 2.05) is 0 Å². The van der Waals surface area contributed by atoms with Gasteiger partial charge in [0.2, 0.25) is 0 Å². The first kappa shape index (κ1) is 22.3. The van der Waals surface area contributed by atoms with Gasteiger partial charge in [-0.15, -0.1) is 0 Å². The van der Waals surface area contributed by atoms with E-state index < -0.39 is 15.1 Å². The number of hydrogen-bond donors (Lipinski definition) is 0. The highest BCUT2D eigenvalue weighted by atomic mass is 32.2. The van der Waals surface area contributed by atoms with Crippen LogP contribution in [0.3, 0.4) is 0 Å². The van der Waals surface area contributed by atoms with Crippen molar-refractivity contribution in [1.29, 1.82) is 0 Å². The highest BCUT2D eigenvalue weighted by molar-refractivity contribution is 7.92. The lowest BCUT2D eigenvalue weighted by Gasteiger charge is -2.35. The first-order chi connectivity index (χ1) is 15.9. The first-order valence-electron chi connectivity index (χ1n) is 11.4. The third kappa shape index (κ3) is 4.36. The number of hydrogen-bond acceptors (Lipinski definition) is 6. The molecule has 0 radical (unpaired) electrons. The summed E-state index contributed by atoms with van der Waals surface area (Å²) >= 11 is 1.44. The van der Waals surface area contributed by atoms with Gasteiger partial charge in [0.1, 0.15) is 5.82 Å². The van der Waals surface area contributed by atoms with Gasteiger partial charge in [0.15, 0.2) is 15.0 Å². The van der Waals surface area contributed by atoms with Crippen molar-refractivity contribution in [3.05, 3.63) is 53.8 Å². The molecule has 6 nitrogen and oxygen atoms in total. The Bertz CT molecular complexity index is 1280. The number of amides is 1. The molecule has 2 heterocycles. The van der Waals surface area contributed by atoms with Crippen molar-refractivity contribution >= 4 is 42.4 Å². The van der Waals surface area contributed by atoms with Gasteiger partial charge in [0.05, 0.1) is 25.9 Å². The number of anilines is 1. The Morgan fingerprint density at radius 3 is 2.48 bits per heavy atom. The molecule has 1 saturated heterocycles. The zero-order valence-electron chi connectivity index (χ0n) is 18.2. The van der Waals surface area contributed by atoms with Crippen LogP contribution in [0.25, 0.3) is 10.2 Å². The van der Waals surface area contributed by atoms with Crippen molar-refractivity contribution in [2.75, 3.05) is 31.1 Å². The number of piperazine rings is 1. The second kappa shape index (κ2) is 9.02. The van der Waals surface area contributed by atoms with Gasteiger partial charge in [-0.25, -0.2) is 17.8 Å². The van der Waals surface area contributed by atoms with Crippen LogP contribution in [0.15, 0.2) is 47.4 Å². The molecule has 1 saturated carbocycles. The van der Waals surface area contributed by atoms with Crippen molar-refractivity contribution < 1.29 is 17.6 Å². The van der Waals surface area contributed by atoms with Gasteiger partial charge >= 0.3 is 0 Å². The number of aromatic nitrogens is 1. The van der Waals surface area contributed by atoms with E-state index in [9.17, 15) is 17.6 Å². The molecule has 2 aromatic carbocycles. The molecule has 9 heteroatoms. The SMILES string of the molecule is O=C(c1ccccc1S(=O)(=O)C1CCCCC1)N1CCN(c2nc3ccc(F)cc3s2)CC1. The van der Waals surface area contributed by atoms with Gasteiger partial charge in [-0.2, -0.15) is 0 Å². The van der Waals surface area contributed by atoms with Gasteiger partial charge in [-0.3, -0.25) is 4.79 Å². The largest absolute Gasteiger partial charge is 0.345 e. The Labute approximate surface area is 197 Å². The van der Waals surface area contributed by atoms with Gasteiger partial charge < -0.3 is 9.80 Å². The molecular formula is C24H26FN3O3S2. The van der Waals surface area contributed by atoms with Gasteiger partial charge in [0, 0.05) is 26.2 Å². The zero-order valence-corrected chi connectivity index (χ0v) is 19.9. The summed E-state index contributed by atoms with van der Waals surface area (Å²) in [5, 5.41) is 0.406. The molecule has 3 aromatic rings. The molecule has 0 spiro atoms. The molecular weight excluding hydrogens is 461 g/mol. The van der Waals surface area contributed by atoms with Crippen molar-refractivity contribution in [1.82, 2.24) is 9.88 Å². The Hall–Kier alpha value is -2.52. The third-order valence-electron chi connectivity index (χ3n) is 6.59. The minimum Gasteiger partial charge on any atom is -0.345 e. The molecule has 0 bridgehead atoms. The van der Waals surface area contributed by atoms with Crippen LogP contribution in [-0.2, 0) is 9.84 Å². The maximum absolute atomic E-state index is 13.5. The minimum absolute atomic E-state index is 0.164. The van der Waals surface area contributed by atoms with Crippen LogP contribution < -0.4 is 4.90 Å². The molecule has 2 aliphatic rings. The number of nitrogens with zero attached hydrogens (tertiary/aromatic N) is 3. The van der Waals surface area contributed by atoms with Crippen LogP contribution in [0.5, 0.6) is 0 Å². The number of benzene rings is 2. The lowest BCUT2D eigenvalue weighted by atomic mass is 10.0. The number of fused-ring (bicyclic) bond motifs is 1. The predicted molar refractivity (Wildman–Crippen MR) is 128 cm³/mol. The number of carbonyl (C=O) groups is 1. The first-order valence-corrected chi connectivity index (χ1v) is 13.7. The predicted octanol–water partition coefficient (Wildman–Crippen LogP) is 4.50. The summed E-state index contributed by atoms with van der Waals surface area (Å²) in [7, 11) is -3.55. The molecule has 33 heavy (non-hydrogen) atoms. The third-order valence-corrected chi connectivity index (χ3v) is 9.99. The maximum atomic E-state index is 13.5. The lowest BCUT2D eigenvalue weighted by molar-refractivity contribution is 0.0743. The molecule has 1 aliphatic heterocycles. The molecule has 1 aromatic heterocycles. The number of sulfone groups is 1. The van der Waals surface area contributed by atoms with Gasteiger partial charge in [-0.1, -0.05) is 42.7 Å². The molecule has 5 rings (SSSR count). The lowest BCUT2D eigenvalue weighted by Crippen LogP contribution is -2.49. The van der Waals surface area contributed by atoms with E-state index in [2.05, 4.69) is 9.88 Å². The molecule has 0 unspecified atom stereocenters. The summed E-state index contributed by atoms with van der Waals surface area (Å²) in [6.07, 6.45) is 4.23. The summed E-state index contributed by atoms with van der Waals surface area (Å²) in [5.41, 5.74) is 1.03. The number of rotatable bonds is 4. The van der Waals surface area contributed by atoms with Crippen LogP contribution >= 0.6 is 11.3 Å². The van der Waals surface area contributed by atoms with Crippen molar-refractivity contribution in [3.8, 4) is 0 Å². The normalized spacial score (nSPS) is 18.1. The van der Waals surface area contributed by atoms with Crippen molar-refractivity contribution in [2.24, 2.45) is 0 Å². The second-order valence-electron chi connectivity index (χ2n) is 8.69. The fraction of sp³-hybridized carbons (Fsp3) is 0.417. The smallest absolute Gasteiger partial charge is 0.255 e. The molecule has 0 N–H and O–H groups in total. The molecule has 2 fully saturated rings. The average Bonchev–Trinajstić information content (AvgIpc) is 3.27. The van der Waals surface area contributed by atoms with Crippen LogP contribution in [0.2, 0.25) is 0 Å². The topological polar surface area (TPSA) is 70.6 Å². The molecule has 174 valence electrons. The van der Waals surface area contributed by atoms with E-state index in [4.69, 9.17) is 0 Å². The maximum Gasteiger partial charge on any atom is 0.255 e. The van der Waals surface area contributed by atoms with E-state index >= 15 is 0 Å². The standard InChI is InChI=1S/C24H26FN3O3S2/c25-17-10-11-20-21(16-17)32-24(26-20)28-14-12-27(13-15-28)23(29)19-8-4-5-9-22(19)33(30,31)18-6-2-1-3-7-18/h4-5,8-11,16,18H,1-3,6-7,12-15H2. The fourth-order valence-electron chi connectivity index (χ4n) is 4.74. The van der Waals surface area contributed by atoms with Crippen LogP contribution in [0.1, 0.15) is 42.5 Å². The number of thiazole rings is 1. The summed E-state index contributed by atoms with van der Waals surface area (Å²) in [5.74, 6) is -0.522. The molecule has 1 aliphatic carbocycles. The minimum atomic E-state index is -3.55.